The van der Waals surface area contributed by atoms with Crippen molar-refractivity contribution in [3.05, 3.63) is 39.6 Å². The fourth-order valence-electron chi connectivity index (χ4n) is 1.57. The van der Waals surface area contributed by atoms with E-state index in [0.29, 0.717) is 6.54 Å². The minimum absolute atomic E-state index is 0.116. The third-order valence-corrected chi connectivity index (χ3v) is 3.92. The van der Waals surface area contributed by atoms with E-state index in [2.05, 4.69) is 4.98 Å². The van der Waals surface area contributed by atoms with Gasteiger partial charge in [-0.3, -0.25) is 0 Å². The van der Waals surface area contributed by atoms with Crippen LogP contribution >= 0.6 is 22.9 Å². The lowest BCUT2D eigenvalue weighted by atomic mass is 10.2. The van der Waals surface area contributed by atoms with Crippen LogP contribution < -0.4 is 5.73 Å². The lowest BCUT2D eigenvalue weighted by Crippen LogP contribution is -1.96. The summed E-state index contributed by atoms with van der Waals surface area (Å²) in [4.78, 5) is 5.57. The molecule has 0 amide bonds. The predicted octanol–water partition coefficient (Wildman–Crippen LogP) is 3.62. The maximum absolute atomic E-state index is 13.1. The number of aromatic nitrogens is 1. The summed E-state index contributed by atoms with van der Waals surface area (Å²) < 4.78 is 13.1. The molecule has 1 aromatic heterocycles. The van der Waals surface area contributed by atoms with Crippen molar-refractivity contribution in [3.8, 4) is 10.6 Å². The van der Waals surface area contributed by atoms with Crippen LogP contribution in [0.4, 0.5) is 4.39 Å². The Bertz CT molecular complexity index is 518. The minimum Gasteiger partial charge on any atom is -0.326 e. The third kappa shape index (κ3) is 2.49. The molecular weight excluding hydrogens is 259 g/mol. The van der Waals surface area contributed by atoms with Crippen LogP contribution in [-0.4, -0.2) is 4.98 Å². The van der Waals surface area contributed by atoms with Crippen molar-refractivity contribution in [1.82, 2.24) is 4.98 Å². The average Bonchev–Trinajstić information content (AvgIpc) is 2.75. The van der Waals surface area contributed by atoms with E-state index in [-0.39, 0.29) is 5.02 Å². The Balaban J connectivity index is 2.45. The first-order valence-electron chi connectivity index (χ1n) is 5.29. The highest BCUT2D eigenvalue weighted by atomic mass is 35.5. The van der Waals surface area contributed by atoms with Gasteiger partial charge in [-0.2, -0.15) is 0 Å². The van der Waals surface area contributed by atoms with Gasteiger partial charge in [-0.25, -0.2) is 9.37 Å². The SMILES string of the molecule is CCc1nc(-c2ccc(F)c(Cl)c2)sc1CN. The fourth-order valence-corrected chi connectivity index (χ4v) is 2.78. The molecule has 0 saturated heterocycles. The first kappa shape index (κ1) is 12.5. The number of aryl methyl sites for hydroxylation is 1. The predicted molar refractivity (Wildman–Crippen MR) is 69.8 cm³/mol. The molecule has 0 saturated carbocycles. The Hall–Kier alpha value is -0.970. The normalized spacial score (nSPS) is 10.8. The van der Waals surface area contributed by atoms with Gasteiger partial charge in [0, 0.05) is 17.0 Å². The first-order chi connectivity index (χ1) is 8.15. The van der Waals surface area contributed by atoms with Crippen molar-refractivity contribution < 1.29 is 4.39 Å². The van der Waals surface area contributed by atoms with Gasteiger partial charge in [0.15, 0.2) is 0 Å². The van der Waals surface area contributed by atoms with Crippen LogP contribution in [0.15, 0.2) is 18.2 Å². The van der Waals surface area contributed by atoms with Gasteiger partial charge in [0.1, 0.15) is 10.8 Å². The molecule has 2 aromatic rings. The maximum Gasteiger partial charge on any atom is 0.141 e. The van der Waals surface area contributed by atoms with Gasteiger partial charge in [0.05, 0.1) is 10.7 Å². The molecule has 0 fully saturated rings. The summed E-state index contributed by atoms with van der Waals surface area (Å²) in [6.07, 6.45) is 0.845. The molecule has 0 spiro atoms. The molecule has 17 heavy (non-hydrogen) atoms. The van der Waals surface area contributed by atoms with E-state index in [1.807, 2.05) is 6.92 Å². The van der Waals surface area contributed by atoms with Gasteiger partial charge in [-0.1, -0.05) is 18.5 Å². The molecule has 2 N–H and O–H groups in total. The summed E-state index contributed by atoms with van der Waals surface area (Å²) in [5.41, 5.74) is 7.49. The van der Waals surface area contributed by atoms with E-state index in [0.717, 1.165) is 27.6 Å². The number of hydrogen-bond donors (Lipinski definition) is 1. The van der Waals surface area contributed by atoms with Gasteiger partial charge in [-0.05, 0) is 24.6 Å². The average molecular weight is 271 g/mol. The van der Waals surface area contributed by atoms with E-state index in [1.165, 1.54) is 17.4 Å². The number of halogens is 2. The standard InChI is InChI=1S/C12H12ClFN2S/c1-2-10-11(6-15)17-12(16-10)7-3-4-9(14)8(13)5-7/h3-5H,2,6,15H2,1H3. The van der Waals surface area contributed by atoms with Crippen molar-refractivity contribution in [2.24, 2.45) is 5.73 Å². The van der Waals surface area contributed by atoms with Crippen LogP contribution in [0.3, 0.4) is 0 Å². The molecule has 0 aliphatic carbocycles. The van der Waals surface area contributed by atoms with Crippen molar-refractivity contribution in [3.63, 3.8) is 0 Å². The second-order valence-electron chi connectivity index (χ2n) is 3.58. The smallest absolute Gasteiger partial charge is 0.141 e. The molecule has 2 nitrogen and oxygen atoms in total. The summed E-state index contributed by atoms with van der Waals surface area (Å²) in [6, 6.07) is 4.63. The molecule has 5 heteroatoms. The van der Waals surface area contributed by atoms with Crippen LogP contribution in [0.5, 0.6) is 0 Å². The zero-order chi connectivity index (χ0) is 12.4. The molecule has 0 aliphatic rings. The van der Waals surface area contributed by atoms with Crippen molar-refractivity contribution in [1.29, 1.82) is 0 Å². The second-order valence-corrected chi connectivity index (χ2v) is 5.07. The minimum atomic E-state index is -0.415. The summed E-state index contributed by atoms with van der Waals surface area (Å²) >= 11 is 7.29. The Labute approximate surface area is 108 Å². The molecule has 0 bridgehead atoms. The lowest BCUT2D eigenvalue weighted by molar-refractivity contribution is 0.628. The molecule has 1 aromatic carbocycles. The zero-order valence-electron chi connectivity index (χ0n) is 9.34. The fraction of sp³-hybridized carbons (Fsp3) is 0.250. The van der Waals surface area contributed by atoms with Crippen LogP contribution in [0, 0.1) is 5.82 Å². The summed E-state index contributed by atoms with van der Waals surface area (Å²) in [5, 5.41) is 0.953. The quantitative estimate of drug-likeness (QED) is 0.925. The third-order valence-electron chi connectivity index (χ3n) is 2.47. The second kappa shape index (κ2) is 5.12. The largest absolute Gasteiger partial charge is 0.326 e. The van der Waals surface area contributed by atoms with E-state index in [1.54, 1.807) is 12.1 Å². The van der Waals surface area contributed by atoms with Gasteiger partial charge in [0.25, 0.3) is 0 Å². The number of nitrogens with zero attached hydrogens (tertiary/aromatic N) is 1. The summed E-state index contributed by atoms with van der Waals surface area (Å²) in [5.74, 6) is -0.415. The Kier molecular flexibility index (Phi) is 3.76. The Morgan fingerprint density at radius 3 is 2.76 bits per heavy atom. The monoisotopic (exact) mass is 270 g/mol. The molecule has 90 valence electrons. The van der Waals surface area contributed by atoms with Gasteiger partial charge < -0.3 is 5.73 Å². The van der Waals surface area contributed by atoms with E-state index in [4.69, 9.17) is 17.3 Å². The first-order valence-corrected chi connectivity index (χ1v) is 6.49. The Morgan fingerprint density at radius 2 is 2.24 bits per heavy atom. The van der Waals surface area contributed by atoms with Crippen LogP contribution in [0.25, 0.3) is 10.6 Å². The number of benzene rings is 1. The van der Waals surface area contributed by atoms with Crippen molar-refractivity contribution >= 4 is 22.9 Å². The van der Waals surface area contributed by atoms with E-state index < -0.39 is 5.82 Å². The molecule has 0 atom stereocenters. The summed E-state index contributed by atoms with van der Waals surface area (Å²) in [6.45, 7) is 2.52. The van der Waals surface area contributed by atoms with Gasteiger partial charge in [-0.15, -0.1) is 11.3 Å². The highest BCUT2D eigenvalue weighted by Crippen LogP contribution is 2.30. The number of rotatable bonds is 3. The molecule has 2 rings (SSSR count). The molecule has 0 radical (unpaired) electrons. The molecule has 1 heterocycles. The van der Waals surface area contributed by atoms with E-state index >= 15 is 0 Å². The lowest BCUT2D eigenvalue weighted by Gasteiger charge is -1.98. The maximum atomic E-state index is 13.1. The van der Waals surface area contributed by atoms with Gasteiger partial charge in [0.2, 0.25) is 0 Å². The Morgan fingerprint density at radius 1 is 1.47 bits per heavy atom. The van der Waals surface area contributed by atoms with Gasteiger partial charge >= 0.3 is 0 Å². The highest BCUT2D eigenvalue weighted by molar-refractivity contribution is 7.15. The van der Waals surface area contributed by atoms with E-state index in [9.17, 15) is 4.39 Å². The van der Waals surface area contributed by atoms with Crippen molar-refractivity contribution in [2.75, 3.05) is 0 Å². The number of nitrogens with two attached hydrogens (primary N) is 1. The number of thiazole rings is 1. The summed E-state index contributed by atoms with van der Waals surface area (Å²) in [7, 11) is 0. The number of hydrogen-bond acceptors (Lipinski definition) is 3. The topological polar surface area (TPSA) is 38.9 Å². The highest BCUT2D eigenvalue weighted by Gasteiger charge is 2.11. The molecule has 0 unspecified atom stereocenters. The van der Waals surface area contributed by atoms with Crippen LogP contribution in [0.1, 0.15) is 17.5 Å². The zero-order valence-corrected chi connectivity index (χ0v) is 10.9. The molecular formula is C12H12ClFN2S. The van der Waals surface area contributed by atoms with Crippen molar-refractivity contribution in [2.45, 2.75) is 19.9 Å². The molecule has 0 aliphatic heterocycles. The van der Waals surface area contributed by atoms with Crippen LogP contribution in [-0.2, 0) is 13.0 Å². The van der Waals surface area contributed by atoms with Crippen LogP contribution in [0.2, 0.25) is 5.02 Å².